The Labute approximate surface area is 186 Å². The van der Waals surface area contributed by atoms with Crippen LogP contribution >= 0.6 is 0 Å². The first-order chi connectivity index (χ1) is 15.2. The van der Waals surface area contributed by atoms with Gasteiger partial charge in [0.05, 0.1) is 32.7 Å². The van der Waals surface area contributed by atoms with E-state index in [1.165, 1.54) is 21.3 Å². The summed E-state index contributed by atoms with van der Waals surface area (Å²) >= 11 is 0. The fourth-order valence-electron chi connectivity index (χ4n) is 2.87. The summed E-state index contributed by atoms with van der Waals surface area (Å²) in [6.07, 6.45) is 1.63. The van der Waals surface area contributed by atoms with Crippen molar-refractivity contribution in [2.75, 3.05) is 36.7 Å². The largest absolute Gasteiger partial charge is 0.493 e. The van der Waals surface area contributed by atoms with Crippen molar-refractivity contribution < 1.29 is 22.6 Å². The van der Waals surface area contributed by atoms with E-state index in [1.807, 2.05) is 6.92 Å². The highest BCUT2D eigenvalue weighted by Crippen LogP contribution is 2.40. The first-order valence-corrected chi connectivity index (χ1v) is 10.9. The molecule has 0 saturated carbocycles. The molecule has 2 aromatic carbocycles. The number of nitrogens with zero attached hydrogens (tertiary/aromatic N) is 2. The summed E-state index contributed by atoms with van der Waals surface area (Å²) in [4.78, 5) is 8.80. The Morgan fingerprint density at radius 1 is 0.938 bits per heavy atom. The maximum atomic E-state index is 11.5. The van der Waals surface area contributed by atoms with Crippen LogP contribution in [0.3, 0.4) is 0 Å². The van der Waals surface area contributed by atoms with Crippen LogP contribution in [0.5, 0.6) is 17.2 Å². The molecule has 3 aromatic rings. The number of rotatable bonds is 9. The highest BCUT2D eigenvalue weighted by atomic mass is 32.2. The molecule has 0 aliphatic rings. The second kappa shape index (κ2) is 9.58. The van der Waals surface area contributed by atoms with Crippen LogP contribution < -0.4 is 34.7 Å². The summed E-state index contributed by atoms with van der Waals surface area (Å²) in [5.41, 5.74) is 2.12. The number of benzene rings is 2. The van der Waals surface area contributed by atoms with Gasteiger partial charge in [0.2, 0.25) is 11.7 Å². The van der Waals surface area contributed by atoms with E-state index in [4.69, 9.17) is 19.3 Å². The third-order valence-electron chi connectivity index (χ3n) is 4.32. The number of nitrogens with two attached hydrogens (primary N) is 1. The molecular weight excluding hydrogens is 436 g/mol. The van der Waals surface area contributed by atoms with Crippen LogP contribution in [0.2, 0.25) is 0 Å². The average Bonchev–Trinajstić information content (AvgIpc) is 2.75. The van der Waals surface area contributed by atoms with Crippen molar-refractivity contribution >= 4 is 39.0 Å². The van der Waals surface area contributed by atoms with E-state index in [-0.39, 0.29) is 5.69 Å². The van der Waals surface area contributed by atoms with Gasteiger partial charge >= 0.3 is 0 Å². The minimum atomic E-state index is -3.94. The second-order valence-electron chi connectivity index (χ2n) is 6.58. The van der Waals surface area contributed by atoms with E-state index in [0.717, 1.165) is 5.56 Å². The summed E-state index contributed by atoms with van der Waals surface area (Å²) in [5, 5.41) is 11.3. The zero-order chi connectivity index (χ0) is 23.3. The normalized spacial score (nSPS) is 10.9. The van der Waals surface area contributed by atoms with Gasteiger partial charge in [-0.25, -0.2) is 10.1 Å². The van der Waals surface area contributed by atoms with Crippen molar-refractivity contribution in [3.63, 3.8) is 0 Å². The first-order valence-electron chi connectivity index (χ1n) is 9.31. The molecule has 1 heterocycles. The topological polar surface area (TPSA) is 150 Å². The van der Waals surface area contributed by atoms with Gasteiger partial charge in [-0.1, -0.05) is 12.1 Å². The van der Waals surface area contributed by atoms with Crippen molar-refractivity contribution in [3.8, 4) is 17.2 Å². The Morgan fingerprint density at radius 2 is 1.56 bits per heavy atom. The minimum absolute atomic E-state index is 0.284. The molecule has 0 saturated heterocycles. The summed E-state index contributed by atoms with van der Waals surface area (Å²) in [6.45, 7) is 1.82. The number of aryl methyl sites for hydroxylation is 1. The maximum Gasteiger partial charge on any atom is 0.296 e. The molecule has 0 unspecified atom stereocenters. The minimum Gasteiger partial charge on any atom is -0.493 e. The number of ether oxygens (including phenoxy) is 3. The Kier molecular flexibility index (Phi) is 6.85. The summed E-state index contributed by atoms with van der Waals surface area (Å²) < 4.78 is 41.2. The number of anilines is 5. The zero-order valence-electron chi connectivity index (χ0n) is 18.0. The molecule has 170 valence electrons. The Bertz CT molecular complexity index is 1190. The predicted octanol–water partition coefficient (Wildman–Crippen LogP) is 2.91. The molecule has 0 aliphatic heterocycles. The van der Waals surface area contributed by atoms with Crippen LogP contribution in [0.25, 0.3) is 0 Å². The SMILES string of the molecule is COc1cc(Nc2ncc(C)c(Nc3ccccc3NS(N)(=O)=O)n2)cc(OC)c1OC. The Morgan fingerprint density at radius 3 is 2.12 bits per heavy atom. The van der Waals surface area contributed by atoms with Gasteiger partial charge in [-0.15, -0.1) is 0 Å². The molecule has 0 bridgehead atoms. The van der Waals surface area contributed by atoms with Crippen molar-refractivity contribution in [3.05, 3.63) is 48.2 Å². The lowest BCUT2D eigenvalue weighted by Gasteiger charge is -2.16. The maximum absolute atomic E-state index is 11.5. The van der Waals surface area contributed by atoms with Gasteiger partial charge in [0, 0.05) is 29.6 Å². The van der Waals surface area contributed by atoms with Gasteiger partial charge < -0.3 is 24.8 Å². The van der Waals surface area contributed by atoms with Gasteiger partial charge in [-0.2, -0.15) is 13.4 Å². The standard InChI is InChI=1S/C20H24N6O5S/c1-12-11-22-20(23-13-9-16(29-2)18(31-4)17(10-13)30-3)25-19(12)24-14-7-5-6-8-15(14)26-32(21,27)28/h5-11,26H,1-4H3,(H2,21,27,28)(H2,22,23,24,25). The second-order valence-corrected chi connectivity index (χ2v) is 7.88. The van der Waals surface area contributed by atoms with Crippen LogP contribution in [-0.2, 0) is 10.2 Å². The van der Waals surface area contributed by atoms with E-state index < -0.39 is 10.2 Å². The molecule has 0 radical (unpaired) electrons. The monoisotopic (exact) mass is 460 g/mol. The van der Waals surface area contributed by atoms with Crippen molar-refractivity contribution in [2.45, 2.75) is 6.92 Å². The lowest BCUT2D eigenvalue weighted by Crippen LogP contribution is -2.22. The van der Waals surface area contributed by atoms with Gasteiger partial charge in [0.25, 0.3) is 10.2 Å². The van der Waals surface area contributed by atoms with E-state index in [1.54, 1.807) is 42.6 Å². The van der Waals surface area contributed by atoms with Crippen molar-refractivity contribution in [2.24, 2.45) is 5.14 Å². The number of hydrogen-bond acceptors (Lipinski definition) is 9. The molecule has 0 aliphatic carbocycles. The molecular formula is C20H24N6O5S. The fraction of sp³-hybridized carbons (Fsp3) is 0.200. The molecule has 32 heavy (non-hydrogen) atoms. The molecule has 11 nitrogen and oxygen atoms in total. The average molecular weight is 461 g/mol. The Balaban J connectivity index is 1.91. The zero-order valence-corrected chi connectivity index (χ0v) is 18.8. The lowest BCUT2D eigenvalue weighted by molar-refractivity contribution is 0.324. The van der Waals surface area contributed by atoms with Crippen LogP contribution in [0.1, 0.15) is 5.56 Å². The molecule has 3 rings (SSSR count). The van der Waals surface area contributed by atoms with E-state index >= 15 is 0 Å². The molecule has 0 spiro atoms. The molecule has 12 heteroatoms. The van der Waals surface area contributed by atoms with Gasteiger partial charge in [0.1, 0.15) is 5.82 Å². The molecule has 0 amide bonds. The third-order valence-corrected chi connectivity index (χ3v) is 4.83. The van der Waals surface area contributed by atoms with Gasteiger partial charge in [-0.3, -0.25) is 4.72 Å². The lowest BCUT2D eigenvalue weighted by atomic mass is 10.2. The first kappa shape index (κ1) is 22.9. The number of methoxy groups -OCH3 is 3. The molecule has 1 aromatic heterocycles. The van der Waals surface area contributed by atoms with Crippen LogP contribution in [-0.4, -0.2) is 39.7 Å². The number of nitrogens with one attached hydrogen (secondary N) is 3. The Hall–Kier alpha value is -3.77. The highest BCUT2D eigenvalue weighted by molar-refractivity contribution is 7.90. The van der Waals surface area contributed by atoms with Gasteiger partial charge in [-0.05, 0) is 19.1 Å². The molecule has 0 atom stereocenters. The van der Waals surface area contributed by atoms with Crippen molar-refractivity contribution in [1.29, 1.82) is 0 Å². The number of hydrogen-bond donors (Lipinski definition) is 4. The van der Waals surface area contributed by atoms with E-state index in [9.17, 15) is 8.42 Å². The van der Waals surface area contributed by atoms with Gasteiger partial charge in [0.15, 0.2) is 11.5 Å². The summed E-state index contributed by atoms with van der Waals surface area (Å²) in [5.74, 6) is 2.18. The summed E-state index contributed by atoms with van der Waals surface area (Å²) in [6, 6.07) is 10.2. The van der Waals surface area contributed by atoms with E-state index in [2.05, 4.69) is 25.3 Å². The van der Waals surface area contributed by atoms with Crippen molar-refractivity contribution in [1.82, 2.24) is 9.97 Å². The highest BCUT2D eigenvalue weighted by Gasteiger charge is 2.15. The quantitative estimate of drug-likeness (QED) is 0.378. The van der Waals surface area contributed by atoms with Crippen LogP contribution in [0, 0.1) is 6.92 Å². The summed E-state index contributed by atoms with van der Waals surface area (Å²) in [7, 11) is 0.638. The third kappa shape index (κ3) is 5.47. The number of aromatic nitrogens is 2. The van der Waals surface area contributed by atoms with Crippen LogP contribution in [0.15, 0.2) is 42.6 Å². The smallest absolute Gasteiger partial charge is 0.296 e. The van der Waals surface area contributed by atoms with E-state index in [0.29, 0.717) is 40.4 Å². The predicted molar refractivity (Wildman–Crippen MR) is 123 cm³/mol. The molecule has 5 N–H and O–H groups in total. The fourth-order valence-corrected chi connectivity index (χ4v) is 3.36. The van der Waals surface area contributed by atoms with Crippen LogP contribution in [0.4, 0.5) is 28.8 Å². The number of para-hydroxylation sites is 2. The molecule has 0 fully saturated rings.